The summed E-state index contributed by atoms with van der Waals surface area (Å²) in [4.78, 5) is 19.7. The molecule has 1 unspecified atom stereocenters. The highest BCUT2D eigenvalue weighted by Crippen LogP contribution is 2.34. The van der Waals surface area contributed by atoms with Gasteiger partial charge in [-0.2, -0.15) is 5.10 Å². The van der Waals surface area contributed by atoms with Gasteiger partial charge in [-0.25, -0.2) is 9.78 Å². The third-order valence-electron chi connectivity index (χ3n) is 3.38. The van der Waals surface area contributed by atoms with Gasteiger partial charge in [0.2, 0.25) is 5.88 Å². The van der Waals surface area contributed by atoms with E-state index in [0.29, 0.717) is 18.0 Å². The van der Waals surface area contributed by atoms with E-state index in [1.54, 1.807) is 29.5 Å². The second kappa shape index (κ2) is 5.80. The smallest absolute Gasteiger partial charge is 0.352 e. The molecule has 0 spiro atoms. The highest BCUT2D eigenvalue weighted by molar-refractivity contribution is 6.36. The molecule has 1 aliphatic rings. The van der Waals surface area contributed by atoms with Gasteiger partial charge in [-0.15, -0.1) is 0 Å². The van der Waals surface area contributed by atoms with Gasteiger partial charge in [0.25, 0.3) is 0 Å². The molecule has 7 nitrogen and oxygen atoms in total. The first-order valence-corrected chi connectivity index (χ1v) is 6.70. The third-order valence-corrected chi connectivity index (χ3v) is 3.38. The molecule has 1 atom stereocenters. The standard InChI is InChI=1S/C15H14N4O3/c1-22-14-6-5-10(9-17-14)19-13(8-12(18-19)15(20)21)11-4-2-3-7-16-11/h2-7,9,13H,8H2,1H3,(H,20,21). The van der Waals surface area contributed by atoms with E-state index in [9.17, 15) is 9.90 Å². The van der Waals surface area contributed by atoms with Crippen molar-refractivity contribution < 1.29 is 14.6 Å². The molecule has 1 aliphatic heterocycles. The van der Waals surface area contributed by atoms with Gasteiger partial charge in [0.1, 0.15) is 11.8 Å². The lowest BCUT2D eigenvalue weighted by molar-refractivity contribution is -0.129. The molecule has 0 saturated carbocycles. The Morgan fingerprint density at radius 1 is 1.32 bits per heavy atom. The van der Waals surface area contributed by atoms with Gasteiger partial charge < -0.3 is 9.84 Å². The number of anilines is 1. The van der Waals surface area contributed by atoms with Gasteiger partial charge in [0.05, 0.1) is 24.7 Å². The second-order valence-electron chi connectivity index (χ2n) is 4.73. The van der Waals surface area contributed by atoms with Gasteiger partial charge >= 0.3 is 5.97 Å². The molecule has 22 heavy (non-hydrogen) atoms. The molecule has 0 saturated heterocycles. The Morgan fingerprint density at radius 3 is 2.77 bits per heavy atom. The molecule has 0 amide bonds. The van der Waals surface area contributed by atoms with Crippen LogP contribution in [0.4, 0.5) is 5.69 Å². The Morgan fingerprint density at radius 2 is 2.18 bits per heavy atom. The van der Waals surface area contributed by atoms with Crippen molar-refractivity contribution in [2.45, 2.75) is 12.5 Å². The van der Waals surface area contributed by atoms with Crippen LogP contribution in [0.25, 0.3) is 0 Å². The van der Waals surface area contributed by atoms with Gasteiger partial charge in [-0.3, -0.25) is 9.99 Å². The summed E-state index contributed by atoms with van der Waals surface area (Å²) < 4.78 is 5.03. The first-order valence-electron chi connectivity index (χ1n) is 6.70. The minimum absolute atomic E-state index is 0.103. The van der Waals surface area contributed by atoms with Gasteiger partial charge in [-0.05, 0) is 18.2 Å². The third kappa shape index (κ3) is 2.60. The molecule has 2 aromatic heterocycles. The number of carboxylic acid groups (broad SMARTS) is 1. The zero-order valence-electron chi connectivity index (χ0n) is 11.9. The van der Waals surface area contributed by atoms with E-state index < -0.39 is 5.97 Å². The Balaban J connectivity index is 1.97. The average molecular weight is 298 g/mol. The predicted molar refractivity (Wildman–Crippen MR) is 79.9 cm³/mol. The molecule has 112 valence electrons. The lowest BCUT2D eigenvalue weighted by Crippen LogP contribution is -2.19. The normalized spacial score (nSPS) is 17.2. The maximum absolute atomic E-state index is 11.2. The van der Waals surface area contributed by atoms with E-state index in [2.05, 4.69) is 15.1 Å². The number of hydrogen-bond donors (Lipinski definition) is 1. The molecule has 3 heterocycles. The van der Waals surface area contributed by atoms with E-state index in [1.807, 2.05) is 18.2 Å². The maximum Gasteiger partial charge on any atom is 0.352 e. The number of aromatic nitrogens is 2. The Bertz CT molecular complexity index is 700. The SMILES string of the molecule is COc1ccc(N2N=C(C(=O)O)CC2c2ccccn2)cn1. The summed E-state index contributed by atoms with van der Waals surface area (Å²) in [6, 6.07) is 8.77. The molecule has 0 radical (unpaired) electrons. The molecular formula is C15H14N4O3. The van der Waals surface area contributed by atoms with E-state index in [0.717, 1.165) is 5.69 Å². The summed E-state index contributed by atoms with van der Waals surface area (Å²) in [7, 11) is 1.54. The van der Waals surface area contributed by atoms with Crippen LogP contribution < -0.4 is 9.75 Å². The number of aliphatic carboxylic acids is 1. The lowest BCUT2D eigenvalue weighted by atomic mass is 10.1. The van der Waals surface area contributed by atoms with Crippen molar-refractivity contribution in [1.82, 2.24) is 9.97 Å². The van der Waals surface area contributed by atoms with Gasteiger partial charge in [-0.1, -0.05) is 6.07 Å². The largest absolute Gasteiger partial charge is 0.481 e. The first kappa shape index (κ1) is 14.0. The van der Waals surface area contributed by atoms with Crippen LogP contribution >= 0.6 is 0 Å². The van der Waals surface area contributed by atoms with E-state index >= 15 is 0 Å². The van der Waals surface area contributed by atoms with E-state index in [1.165, 1.54) is 7.11 Å². The molecule has 0 fully saturated rings. The summed E-state index contributed by atoms with van der Waals surface area (Å²) in [6.45, 7) is 0. The molecule has 2 aromatic rings. The number of carboxylic acids is 1. The van der Waals surface area contributed by atoms with Crippen molar-refractivity contribution in [3.8, 4) is 5.88 Å². The summed E-state index contributed by atoms with van der Waals surface area (Å²) in [5.41, 5.74) is 1.55. The van der Waals surface area contributed by atoms with Gasteiger partial charge in [0.15, 0.2) is 0 Å². The van der Waals surface area contributed by atoms with E-state index in [-0.39, 0.29) is 11.8 Å². The van der Waals surface area contributed by atoms with Crippen molar-refractivity contribution in [2.75, 3.05) is 12.1 Å². The van der Waals surface area contributed by atoms with Crippen molar-refractivity contribution in [3.63, 3.8) is 0 Å². The fourth-order valence-corrected chi connectivity index (χ4v) is 2.31. The lowest BCUT2D eigenvalue weighted by Gasteiger charge is -2.22. The van der Waals surface area contributed by atoms with Crippen LogP contribution in [0.1, 0.15) is 18.2 Å². The summed E-state index contributed by atoms with van der Waals surface area (Å²) in [5, 5.41) is 15.0. The number of nitrogens with zero attached hydrogens (tertiary/aromatic N) is 4. The fourth-order valence-electron chi connectivity index (χ4n) is 2.31. The van der Waals surface area contributed by atoms with Crippen LogP contribution in [0.3, 0.4) is 0 Å². The highest BCUT2D eigenvalue weighted by atomic mass is 16.5. The number of ether oxygens (including phenoxy) is 1. The Labute approximate surface area is 126 Å². The second-order valence-corrected chi connectivity index (χ2v) is 4.73. The summed E-state index contributed by atoms with van der Waals surface area (Å²) >= 11 is 0. The van der Waals surface area contributed by atoms with Crippen molar-refractivity contribution in [3.05, 3.63) is 48.4 Å². The Hall–Kier alpha value is -2.96. The number of hydrogen-bond acceptors (Lipinski definition) is 6. The summed E-state index contributed by atoms with van der Waals surface area (Å²) in [5.74, 6) is -0.537. The number of pyridine rings is 2. The number of carbonyl (C=O) groups is 1. The summed E-state index contributed by atoms with van der Waals surface area (Å²) in [6.07, 6.45) is 3.57. The number of hydrazone groups is 1. The molecule has 1 N–H and O–H groups in total. The molecule has 0 aromatic carbocycles. The van der Waals surface area contributed by atoms with Crippen LogP contribution in [0, 0.1) is 0 Å². The molecule has 3 rings (SSSR count). The number of rotatable bonds is 4. The molecule has 7 heteroatoms. The fraction of sp³-hybridized carbons (Fsp3) is 0.200. The number of methoxy groups -OCH3 is 1. The monoisotopic (exact) mass is 298 g/mol. The van der Waals surface area contributed by atoms with Crippen LogP contribution in [0.2, 0.25) is 0 Å². The Kier molecular flexibility index (Phi) is 3.69. The zero-order chi connectivity index (χ0) is 15.5. The predicted octanol–water partition coefficient (Wildman–Crippen LogP) is 1.88. The first-order chi connectivity index (χ1) is 10.7. The van der Waals surface area contributed by atoms with Gasteiger partial charge in [0, 0.05) is 18.7 Å². The molecular weight excluding hydrogens is 284 g/mol. The molecule has 0 bridgehead atoms. The topological polar surface area (TPSA) is 87.9 Å². The zero-order valence-corrected chi connectivity index (χ0v) is 11.9. The van der Waals surface area contributed by atoms with Crippen molar-refractivity contribution in [2.24, 2.45) is 5.10 Å². The van der Waals surface area contributed by atoms with Crippen LogP contribution in [-0.2, 0) is 4.79 Å². The quantitative estimate of drug-likeness (QED) is 0.927. The average Bonchev–Trinajstić information content (AvgIpc) is 3.01. The van der Waals surface area contributed by atoms with Crippen molar-refractivity contribution >= 4 is 17.4 Å². The maximum atomic E-state index is 11.2. The molecule has 0 aliphatic carbocycles. The minimum Gasteiger partial charge on any atom is -0.481 e. The van der Waals surface area contributed by atoms with E-state index in [4.69, 9.17) is 4.74 Å². The van der Waals surface area contributed by atoms with Crippen LogP contribution in [0.15, 0.2) is 47.8 Å². The highest BCUT2D eigenvalue weighted by Gasteiger charge is 2.33. The van der Waals surface area contributed by atoms with Crippen molar-refractivity contribution in [1.29, 1.82) is 0 Å². The van der Waals surface area contributed by atoms with Crippen LogP contribution in [-0.4, -0.2) is 33.9 Å². The van der Waals surface area contributed by atoms with Crippen LogP contribution in [0.5, 0.6) is 5.88 Å². The minimum atomic E-state index is -1.02.